The van der Waals surface area contributed by atoms with Gasteiger partial charge in [-0.2, -0.15) is 0 Å². The van der Waals surface area contributed by atoms with E-state index in [1.165, 1.54) is 22.7 Å². The topological polar surface area (TPSA) is 46.3 Å². The van der Waals surface area contributed by atoms with Crippen molar-refractivity contribution in [2.45, 2.75) is 12.7 Å². The zero-order chi connectivity index (χ0) is 19.2. The molecule has 0 spiro atoms. The summed E-state index contributed by atoms with van der Waals surface area (Å²) in [6.07, 6.45) is 1.58. The van der Waals surface area contributed by atoms with Crippen molar-refractivity contribution < 1.29 is 18.0 Å². The molecular formula is C20H18F2N2O2S. The number of nitrogens with zero attached hydrogens (tertiary/aromatic N) is 2. The molecule has 1 amide bonds. The molecule has 0 aliphatic carbocycles. The first kappa shape index (κ1) is 19.1. The summed E-state index contributed by atoms with van der Waals surface area (Å²) in [5, 5.41) is 0. The van der Waals surface area contributed by atoms with Crippen molar-refractivity contribution in [1.82, 2.24) is 4.98 Å². The minimum atomic E-state index is -0.970. The van der Waals surface area contributed by atoms with Gasteiger partial charge in [-0.25, -0.2) is 13.8 Å². The molecule has 0 aliphatic rings. The van der Waals surface area contributed by atoms with E-state index in [0.717, 1.165) is 23.4 Å². The Balaban J connectivity index is 1.57. The van der Waals surface area contributed by atoms with Gasteiger partial charge in [0, 0.05) is 29.6 Å². The smallest absolute Gasteiger partial charge is 0.236 e. The van der Waals surface area contributed by atoms with Crippen LogP contribution in [0, 0.1) is 11.6 Å². The third-order valence-corrected chi connectivity index (χ3v) is 4.83. The van der Waals surface area contributed by atoms with Crippen LogP contribution in [0.15, 0.2) is 59.2 Å². The van der Waals surface area contributed by atoms with E-state index in [2.05, 4.69) is 4.98 Å². The molecule has 2 aromatic carbocycles. The summed E-state index contributed by atoms with van der Waals surface area (Å²) >= 11 is 1.39. The molecule has 140 valence electrons. The first-order valence-corrected chi connectivity index (χ1v) is 9.57. The van der Waals surface area contributed by atoms with Crippen molar-refractivity contribution in [3.05, 3.63) is 72.1 Å². The van der Waals surface area contributed by atoms with Crippen molar-refractivity contribution in [2.24, 2.45) is 0 Å². The molecule has 3 aromatic rings. The zero-order valence-corrected chi connectivity index (χ0v) is 15.5. The van der Waals surface area contributed by atoms with Crippen molar-refractivity contribution in [2.75, 3.05) is 17.2 Å². The van der Waals surface area contributed by atoms with Crippen LogP contribution in [0.5, 0.6) is 0 Å². The van der Waals surface area contributed by atoms with Crippen LogP contribution in [0.2, 0.25) is 0 Å². The molecule has 1 aromatic heterocycles. The number of halogens is 2. The number of hydrogen-bond acceptors (Lipinski definition) is 4. The van der Waals surface area contributed by atoms with Gasteiger partial charge in [0.15, 0.2) is 11.6 Å². The molecule has 0 aliphatic heterocycles. The summed E-state index contributed by atoms with van der Waals surface area (Å²) in [4.78, 5) is 18.3. The molecule has 0 saturated carbocycles. The predicted octanol–water partition coefficient (Wildman–Crippen LogP) is 4.91. The monoisotopic (exact) mass is 388 g/mol. The second-order valence-corrected chi connectivity index (χ2v) is 6.72. The average Bonchev–Trinajstić information content (AvgIpc) is 3.15. The number of carbonyl (C=O) groups is 1. The van der Waals surface area contributed by atoms with E-state index in [1.54, 1.807) is 13.2 Å². The Hall–Kier alpha value is -2.67. The Morgan fingerprint density at radius 2 is 1.93 bits per heavy atom. The molecule has 0 unspecified atom stereocenters. The van der Waals surface area contributed by atoms with E-state index in [4.69, 9.17) is 4.42 Å². The molecule has 0 radical (unpaired) electrons. The number of aromatic nitrogens is 1. The number of hydrogen-bond donors (Lipinski definition) is 0. The number of rotatable bonds is 7. The van der Waals surface area contributed by atoms with Crippen LogP contribution in [0.4, 0.5) is 14.5 Å². The quantitative estimate of drug-likeness (QED) is 0.577. The maximum atomic E-state index is 13.4. The molecule has 0 N–H and O–H groups in total. The SMILES string of the molecule is CCN(C(=O)CSCc1coc(-c2ccccc2)n1)c1ccc(F)c(F)c1. The van der Waals surface area contributed by atoms with Gasteiger partial charge in [0.2, 0.25) is 11.8 Å². The molecule has 0 fully saturated rings. The fourth-order valence-electron chi connectivity index (χ4n) is 2.56. The van der Waals surface area contributed by atoms with E-state index in [-0.39, 0.29) is 11.7 Å². The summed E-state index contributed by atoms with van der Waals surface area (Å²) in [7, 11) is 0. The Kier molecular flexibility index (Phi) is 6.24. The zero-order valence-electron chi connectivity index (χ0n) is 14.7. The molecule has 0 bridgehead atoms. The first-order chi connectivity index (χ1) is 13.1. The van der Waals surface area contributed by atoms with Gasteiger partial charge in [-0.05, 0) is 31.2 Å². The summed E-state index contributed by atoms with van der Waals surface area (Å²) in [6.45, 7) is 2.15. The molecule has 3 rings (SSSR count). The lowest BCUT2D eigenvalue weighted by atomic mass is 10.2. The third-order valence-electron chi connectivity index (χ3n) is 3.88. The summed E-state index contributed by atoms with van der Waals surface area (Å²) in [5.41, 5.74) is 1.97. The fourth-order valence-corrected chi connectivity index (χ4v) is 3.34. The third kappa shape index (κ3) is 4.74. The Labute approximate surface area is 160 Å². The number of benzene rings is 2. The second-order valence-electron chi connectivity index (χ2n) is 5.74. The van der Waals surface area contributed by atoms with E-state index < -0.39 is 11.6 Å². The fraction of sp³-hybridized carbons (Fsp3) is 0.200. The first-order valence-electron chi connectivity index (χ1n) is 8.41. The van der Waals surface area contributed by atoms with Crippen LogP contribution >= 0.6 is 11.8 Å². The normalized spacial score (nSPS) is 10.8. The van der Waals surface area contributed by atoms with Crippen LogP contribution in [0.25, 0.3) is 11.5 Å². The van der Waals surface area contributed by atoms with Gasteiger partial charge >= 0.3 is 0 Å². The number of oxazole rings is 1. The Morgan fingerprint density at radius 3 is 2.63 bits per heavy atom. The van der Waals surface area contributed by atoms with E-state index in [9.17, 15) is 13.6 Å². The highest BCUT2D eigenvalue weighted by molar-refractivity contribution is 7.99. The van der Waals surface area contributed by atoms with Crippen LogP contribution < -0.4 is 4.90 Å². The van der Waals surface area contributed by atoms with Crippen molar-refractivity contribution in [3.8, 4) is 11.5 Å². The van der Waals surface area contributed by atoms with Crippen LogP contribution in [-0.4, -0.2) is 23.2 Å². The number of thioether (sulfide) groups is 1. The molecular weight excluding hydrogens is 370 g/mol. The Morgan fingerprint density at radius 1 is 1.15 bits per heavy atom. The van der Waals surface area contributed by atoms with Gasteiger partial charge in [-0.15, -0.1) is 11.8 Å². The number of carbonyl (C=O) groups excluding carboxylic acids is 1. The van der Waals surface area contributed by atoms with Gasteiger partial charge in [0.05, 0.1) is 11.4 Å². The molecule has 7 heteroatoms. The van der Waals surface area contributed by atoms with Crippen LogP contribution in [0.1, 0.15) is 12.6 Å². The Bertz CT molecular complexity index is 915. The largest absolute Gasteiger partial charge is 0.444 e. The van der Waals surface area contributed by atoms with Gasteiger partial charge < -0.3 is 9.32 Å². The minimum absolute atomic E-state index is 0.180. The van der Waals surface area contributed by atoms with Crippen LogP contribution in [0.3, 0.4) is 0 Å². The molecule has 1 heterocycles. The summed E-state index contributed by atoms with van der Waals surface area (Å²) in [6, 6.07) is 13.0. The van der Waals surface area contributed by atoms with E-state index in [0.29, 0.717) is 23.9 Å². The molecule has 4 nitrogen and oxygen atoms in total. The highest BCUT2D eigenvalue weighted by Gasteiger charge is 2.16. The maximum Gasteiger partial charge on any atom is 0.236 e. The van der Waals surface area contributed by atoms with Crippen molar-refractivity contribution in [1.29, 1.82) is 0 Å². The highest BCUT2D eigenvalue weighted by atomic mass is 32.2. The van der Waals surface area contributed by atoms with E-state index in [1.807, 2.05) is 30.3 Å². The van der Waals surface area contributed by atoms with Crippen molar-refractivity contribution in [3.63, 3.8) is 0 Å². The minimum Gasteiger partial charge on any atom is -0.444 e. The van der Waals surface area contributed by atoms with Gasteiger partial charge in [-0.3, -0.25) is 4.79 Å². The maximum absolute atomic E-state index is 13.4. The summed E-state index contributed by atoms with van der Waals surface area (Å²) in [5.74, 6) is -0.841. The lowest BCUT2D eigenvalue weighted by molar-refractivity contribution is -0.116. The predicted molar refractivity (Wildman–Crippen MR) is 102 cm³/mol. The molecule has 27 heavy (non-hydrogen) atoms. The standard InChI is InChI=1S/C20H18F2N2O2S/c1-2-24(16-8-9-17(21)18(22)10-16)19(25)13-27-12-15-11-26-20(23-15)14-6-4-3-5-7-14/h3-11H,2,12-13H2,1H3. The van der Waals surface area contributed by atoms with Gasteiger partial charge in [0.1, 0.15) is 6.26 Å². The van der Waals surface area contributed by atoms with Crippen LogP contribution in [-0.2, 0) is 10.5 Å². The lowest BCUT2D eigenvalue weighted by Gasteiger charge is -2.21. The summed E-state index contributed by atoms with van der Waals surface area (Å²) < 4.78 is 32.0. The average molecular weight is 388 g/mol. The number of anilines is 1. The lowest BCUT2D eigenvalue weighted by Crippen LogP contribution is -2.32. The second kappa shape index (κ2) is 8.81. The van der Waals surface area contributed by atoms with Crippen molar-refractivity contribution >= 4 is 23.4 Å². The number of amides is 1. The molecule has 0 saturated heterocycles. The van der Waals surface area contributed by atoms with Gasteiger partial charge in [-0.1, -0.05) is 18.2 Å². The molecule has 0 atom stereocenters. The highest BCUT2D eigenvalue weighted by Crippen LogP contribution is 2.22. The van der Waals surface area contributed by atoms with Gasteiger partial charge in [0.25, 0.3) is 0 Å². The van der Waals surface area contributed by atoms with E-state index >= 15 is 0 Å².